The first-order chi connectivity index (χ1) is 19.1. The molecule has 1 N–H and O–H groups in total. The number of nitriles is 1. The van der Waals surface area contributed by atoms with Crippen molar-refractivity contribution in [2.75, 3.05) is 11.9 Å². The third-order valence-corrected chi connectivity index (χ3v) is 6.37. The molecule has 4 aromatic rings. The summed E-state index contributed by atoms with van der Waals surface area (Å²) in [4.78, 5) is 12.7. The van der Waals surface area contributed by atoms with Crippen LogP contribution in [0.15, 0.2) is 78.4 Å². The Hall–Kier alpha value is -4.48. The smallest absolute Gasteiger partial charge is 0.416 e. The van der Waals surface area contributed by atoms with Crippen LogP contribution in [0.2, 0.25) is 5.02 Å². The van der Waals surface area contributed by atoms with Crippen LogP contribution in [0.5, 0.6) is 11.5 Å². The molecule has 0 bridgehead atoms. The minimum atomic E-state index is -4.57. The minimum Gasteiger partial charge on any atom is -0.490 e. The van der Waals surface area contributed by atoms with E-state index in [1.54, 1.807) is 19.1 Å². The minimum absolute atomic E-state index is 0.0958. The van der Waals surface area contributed by atoms with Crippen molar-refractivity contribution in [3.05, 3.63) is 106 Å². The van der Waals surface area contributed by atoms with Gasteiger partial charge in [0.1, 0.15) is 18.2 Å². The molecule has 4 rings (SSSR count). The van der Waals surface area contributed by atoms with Crippen LogP contribution in [0.1, 0.15) is 29.2 Å². The number of anilines is 1. The molecule has 0 saturated heterocycles. The Morgan fingerprint density at radius 2 is 1.82 bits per heavy atom. The summed E-state index contributed by atoms with van der Waals surface area (Å²) in [7, 11) is 0. The van der Waals surface area contributed by atoms with Gasteiger partial charge in [0.2, 0.25) is 0 Å². The van der Waals surface area contributed by atoms with E-state index in [-0.39, 0.29) is 22.9 Å². The number of alkyl halides is 3. The van der Waals surface area contributed by atoms with E-state index in [1.807, 2.05) is 43.3 Å². The Kier molecular flexibility index (Phi) is 8.66. The summed E-state index contributed by atoms with van der Waals surface area (Å²) in [6.45, 7) is 4.31. The maximum atomic E-state index is 13.0. The average Bonchev–Trinajstić information content (AvgIpc) is 2.92. The van der Waals surface area contributed by atoms with Crippen LogP contribution in [-0.4, -0.2) is 12.5 Å². The molecule has 0 aliphatic rings. The van der Waals surface area contributed by atoms with E-state index in [0.29, 0.717) is 23.7 Å². The zero-order valence-corrected chi connectivity index (χ0v) is 22.4. The lowest BCUT2D eigenvalue weighted by Crippen LogP contribution is -2.14. The average molecular weight is 565 g/mol. The van der Waals surface area contributed by atoms with Gasteiger partial charge in [0.25, 0.3) is 5.91 Å². The zero-order chi connectivity index (χ0) is 28.9. The van der Waals surface area contributed by atoms with E-state index >= 15 is 0 Å². The van der Waals surface area contributed by atoms with Crippen LogP contribution < -0.4 is 14.8 Å². The molecule has 0 spiro atoms. The standard InChI is InChI=1S/C31H24ClF3N2O3/c1-3-39-28-15-20(13-22(17-36)30(38)37-24-9-6-8-23(16-24)31(33,34)35)14-27(32)29(28)40-18-26-19(2)11-12-21-7-4-5-10-25(21)26/h4-16H,3,18H2,1-2H3,(H,37,38)/b22-13+. The van der Waals surface area contributed by atoms with Gasteiger partial charge < -0.3 is 14.8 Å². The van der Waals surface area contributed by atoms with Gasteiger partial charge in [-0.3, -0.25) is 4.79 Å². The molecule has 0 radical (unpaired) electrons. The molecule has 0 aliphatic heterocycles. The third kappa shape index (κ3) is 6.56. The summed E-state index contributed by atoms with van der Waals surface area (Å²) in [6.07, 6.45) is -3.30. The number of fused-ring (bicyclic) bond motifs is 1. The van der Waals surface area contributed by atoms with Crippen LogP contribution >= 0.6 is 11.6 Å². The van der Waals surface area contributed by atoms with Gasteiger partial charge in [-0.05, 0) is 72.2 Å². The first-order valence-electron chi connectivity index (χ1n) is 12.3. The molecule has 1 amide bonds. The summed E-state index contributed by atoms with van der Waals surface area (Å²) in [5, 5.41) is 14.3. The predicted octanol–water partition coefficient (Wildman–Crippen LogP) is 8.34. The van der Waals surface area contributed by atoms with Crippen molar-refractivity contribution in [3.63, 3.8) is 0 Å². The highest BCUT2D eigenvalue weighted by Gasteiger charge is 2.30. The molecule has 0 unspecified atom stereocenters. The second kappa shape index (κ2) is 12.1. The van der Waals surface area contributed by atoms with E-state index in [9.17, 15) is 23.2 Å². The molecule has 0 heterocycles. The van der Waals surface area contributed by atoms with Gasteiger partial charge in [-0.15, -0.1) is 0 Å². The van der Waals surface area contributed by atoms with Crippen molar-refractivity contribution in [2.24, 2.45) is 0 Å². The third-order valence-electron chi connectivity index (χ3n) is 6.09. The number of ether oxygens (including phenoxy) is 2. The lowest BCUT2D eigenvalue weighted by Gasteiger charge is -2.17. The summed E-state index contributed by atoms with van der Waals surface area (Å²) in [5.74, 6) is -0.252. The van der Waals surface area contributed by atoms with Crippen molar-refractivity contribution < 1.29 is 27.4 Å². The number of nitrogens with one attached hydrogen (secondary N) is 1. The summed E-state index contributed by atoms with van der Waals surface area (Å²) >= 11 is 6.57. The summed E-state index contributed by atoms with van der Waals surface area (Å²) < 4.78 is 50.9. The Morgan fingerprint density at radius 3 is 2.55 bits per heavy atom. The molecule has 9 heteroatoms. The lowest BCUT2D eigenvalue weighted by atomic mass is 10.0. The molecule has 4 aromatic carbocycles. The quantitative estimate of drug-likeness (QED) is 0.172. The van der Waals surface area contributed by atoms with Gasteiger partial charge in [-0.25, -0.2) is 0 Å². The van der Waals surface area contributed by atoms with Crippen LogP contribution in [0.25, 0.3) is 16.8 Å². The van der Waals surface area contributed by atoms with Crippen LogP contribution in [0.4, 0.5) is 18.9 Å². The Bertz CT molecular complexity index is 1640. The van der Waals surface area contributed by atoms with E-state index in [2.05, 4.69) is 5.32 Å². The topological polar surface area (TPSA) is 71.3 Å². The Labute approximate surface area is 234 Å². The number of carbonyl (C=O) groups is 1. The number of aryl methyl sites for hydroxylation is 1. The van der Waals surface area contributed by atoms with Gasteiger partial charge in [-0.1, -0.05) is 54.1 Å². The normalized spacial score (nSPS) is 11.7. The molecule has 0 fully saturated rings. The van der Waals surface area contributed by atoms with Crippen LogP contribution in [-0.2, 0) is 17.6 Å². The number of halogens is 4. The fraction of sp³-hybridized carbons (Fsp3) is 0.161. The largest absolute Gasteiger partial charge is 0.490 e. The maximum Gasteiger partial charge on any atom is 0.416 e. The van der Waals surface area contributed by atoms with Crippen molar-refractivity contribution in [1.82, 2.24) is 0 Å². The number of hydrogen-bond acceptors (Lipinski definition) is 4. The van der Waals surface area contributed by atoms with Gasteiger partial charge in [0.15, 0.2) is 11.5 Å². The number of benzene rings is 4. The van der Waals surface area contributed by atoms with Gasteiger partial charge in [0.05, 0.1) is 17.2 Å². The highest BCUT2D eigenvalue weighted by Crippen LogP contribution is 2.38. The van der Waals surface area contributed by atoms with E-state index in [1.165, 1.54) is 24.3 Å². The van der Waals surface area contributed by atoms with E-state index in [4.69, 9.17) is 21.1 Å². The monoisotopic (exact) mass is 564 g/mol. The lowest BCUT2D eigenvalue weighted by molar-refractivity contribution is -0.137. The van der Waals surface area contributed by atoms with Gasteiger partial charge in [0, 0.05) is 11.3 Å². The van der Waals surface area contributed by atoms with Crippen molar-refractivity contribution >= 4 is 40.0 Å². The Balaban J connectivity index is 1.60. The molecule has 204 valence electrons. The molecule has 40 heavy (non-hydrogen) atoms. The molecule has 5 nitrogen and oxygen atoms in total. The van der Waals surface area contributed by atoms with Crippen molar-refractivity contribution in [1.29, 1.82) is 5.26 Å². The molecular formula is C31H24ClF3N2O3. The highest BCUT2D eigenvalue weighted by molar-refractivity contribution is 6.32. The van der Waals surface area contributed by atoms with E-state index in [0.717, 1.165) is 34.0 Å². The molecule has 0 saturated carbocycles. The van der Waals surface area contributed by atoms with Crippen molar-refractivity contribution in [2.45, 2.75) is 26.6 Å². The molecule has 0 aliphatic carbocycles. The number of carbonyl (C=O) groups excluding carboxylic acids is 1. The summed E-state index contributed by atoms with van der Waals surface area (Å²) in [5.41, 5.74) is 1.07. The second-order valence-electron chi connectivity index (χ2n) is 8.84. The van der Waals surface area contributed by atoms with Gasteiger partial charge in [-0.2, -0.15) is 18.4 Å². The van der Waals surface area contributed by atoms with Gasteiger partial charge >= 0.3 is 6.18 Å². The molecule has 0 atom stereocenters. The Morgan fingerprint density at radius 1 is 1.05 bits per heavy atom. The highest BCUT2D eigenvalue weighted by atomic mass is 35.5. The first-order valence-corrected chi connectivity index (χ1v) is 12.6. The second-order valence-corrected chi connectivity index (χ2v) is 9.24. The number of amides is 1. The molecular weight excluding hydrogens is 541 g/mol. The number of hydrogen-bond donors (Lipinski definition) is 1. The molecule has 0 aromatic heterocycles. The fourth-order valence-electron chi connectivity index (χ4n) is 4.14. The number of rotatable bonds is 8. The first kappa shape index (κ1) is 28.5. The predicted molar refractivity (Wildman–Crippen MR) is 149 cm³/mol. The van der Waals surface area contributed by atoms with Crippen LogP contribution in [0.3, 0.4) is 0 Å². The van der Waals surface area contributed by atoms with Crippen molar-refractivity contribution in [3.8, 4) is 17.6 Å². The summed E-state index contributed by atoms with van der Waals surface area (Å²) in [6, 6.07) is 21.1. The SMILES string of the molecule is CCOc1cc(/C=C(\C#N)C(=O)Nc2cccc(C(F)(F)F)c2)cc(Cl)c1OCc1c(C)ccc2ccccc12. The zero-order valence-electron chi connectivity index (χ0n) is 21.6. The fourth-order valence-corrected chi connectivity index (χ4v) is 4.42. The number of nitrogens with zero attached hydrogens (tertiary/aromatic N) is 1. The van der Waals surface area contributed by atoms with Crippen LogP contribution in [0, 0.1) is 18.3 Å². The maximum absolute atomic E-state index is 13.0. The van der Waals surface area contributed by atoms with E-state index < -0.39 is 17.6 Å².